The maximum absolute atomic E-state index is 13.2. The summed E-state index contributed by atoms with van der Waals surface area (Å²) in [5.41, 5.74) is 0. The van der Waals surface area contributed by atoms with Gasteiger partial charge in [-0.25, -0.2) is 13.6 Å². The van der Waals surface area contributed by atoms with E-state index in [1.165, 1.54) is 0 Å². The highest BCUT2D eigenvalue weighted by Gasteiger charge is 2.23. The van der Waals surface area contributed by atoms with E-state index in [0.717, 1.165) is 12.1 Å². The summed E-state index contributed by atoms with van der Waals surface area (Å²) in [5.74, 6) is -6.13. The molecule has 1 atom stereocenters. The van der Waals surface area contributed by atoms with Crippen LogP contribution in [0.2, 0.25) is 0 Å². The van der Waals surface area contributed by atoms with Gasteiger partial charge in [-0.1, -0.05) is 0 Å². The third kappa shape index (κ3) is 5.43. The molecule has 0 aliphatic carbocycles. The molecule has 0 aliphatic rings. The highest BCUT2D eigenvalue weighted by atomic mass is 19.1. The number of amides is 1. The van der Waals surface area contributed by atoms with Gasteiger partial charge in [0, 0.05) is 6.07 Å². The molecule has 1 aromatic carbocycles. The first kappa shape index (κ1) is 16.3. The zero-order valence-electron chi connectivity index (χ0n) is 10.5. The minimum atomic E-state index is -1.63. The molecule has 0 aliphatic heterocycles. The largest absolute Gasteiger partial charge is 0.481 e. The molecule has 0 fully saturated rings. The standard InChI is InChI=1S/C12H11F2NO6/c13-6-1-2-9(7(14)3-6)21-5-10(16)15-8(12(19)20)4-11(17)18/h1-3,8H,4-5H2,(H,15,16)(H,17,18)(H,19,20)/t8-/m1/s1. The fraction of sp³-hybridized carbons (Fsp3) is 0.250. The Morgan fingerprint density at radius 1 is 1.24 bits per heavy atom. The van der Waals surface area contributed by atoms with Crippen molar-refractivity contribution in [3.8, 4) is 5.75 Å². The summed E-state index contributed by atoms with van der Waals surface area (Å²) in [5, 5.41) is 19.1. The van der Waals surface area contributed by atoms with E-state index in [2.05, 4.69) is 0 Å². The van der Waals surface area contributed by atoms with E-state index in [9.17, 15) is 23.2 Å². The van der Waals surface area contributed by atoms with Gasteiger partial charge >= 0.3 is 11.9 Å². The van der Waals surface area contributed by atoms with Crippen molar-refractivity contribution < 1.29 is 38.1 Å². The summed E-state index contributed by atoms with van der Waals surface area (Å²) in [6, 6.07) is 0.805. The first-order valence-corrected chi connectivity index (χ1v) is 5.61. The Kier molecular flexibility index (Phi) is 5.58. The van der Waals surface area contributed by atoms with Crippen molar-refractivity contribution in [1.82, 2.24) is 5.32 Å². The molecule has 0 unspecified atom stereocenters. The predicted octanol–water partition coefficient (Wildman–Crippen LogP) is 0.388. The molecule has 1 aromatic rings. The number of ether oxygens (including phenoxy) is 1. The van der Waals surface area contributed by atoms with Gasteiger partial charge in [0.15, 0.2) is 18.2 Å². The Balaban J connectivity index is 2.56. The average Bonchev–Trinajstić information content (AvgIpc) is 2.36. The Bertz CT molecular complexity index is 563. The van der Waals surface area contributed by atoms with Crippen LogP contribution < -0.4 is 10.1 Å². The lowest BCUT2D eigenvalue weighted by atomic mass is 10.2. The third-order valence-electron chi connectivity index (χ3n) is 2.26. The molecule has 7 nitrogen and oxygen atoms in total. The van der Waals surface area contributed by atoms with Crippen LogP contribution in [0.25, 0.3) is 0 Å². The highest BCUT2D eigenvalue weighted by molar-refractivity contribution is 5.87. The second kappa shape index (κ2) is 7.17. The first-order chi connectivity index (χ1) is 9.79. The van der Waals surface area contributed by atoms with Crippen LogP contribution in [0.3, 0.4) is 0 Å². The van der Waals surface area contributed by atoms with Crippen molar-refractivity contribution in [3.63, 3.8) is 0 Å². The second-order valence-corrected chi connectivity index (χ2v) is 3.92. The topological polar surface area (TPSA) is 113 Å². The van der Waals surface area contributed by atoms with E-state index >= 15 is 0 Å². The number of rotatable bonds is 7. The summed E-state index contributed by atoms with van der Waals surface area (Å²) in [6.45, 7) is -0.744. The SMILES string of the molecule is O=C(O)C[C@@H](NC(=O)COc1ccc(F)cc1F)C(=O)O. The zero-order chi connectivity index (χ0) is 16.0. The summed E-state index contributed by atoms with van der Waals surface area (Å²) >= 11 is 0. The number of carbonyl (C=O) groups is 3. The number of carboxylic acid groups (broad SMARTS) is 2. The summed E-state index contributed by atoms with van der Waals surface area (Å²) in [4.78, 5) is 32.5. The number of nitrogens with one attached hydrogen (secondary N) is 1. The number of benzene rings is 1. The van der Waals surface area contributed by atoms with Crippen LogP contribution in [0.4, 0.5) is 8.78 Å². The number of hydrogen-bond donors (Lipinski definition) is 3. The van der Waals surface area contributed by atoms with E-state index in [0.29, 0.717) is 6.07 Å². The van der Waals surface area contributed by atoms with E-state index in [-0.39, 0.29) is 0 Å². The number of aliphatic carboxylic acids is 2. The smallest absolute Gasteiger partial charge is 0.326 e. The first-order valence-electron chi connectivity index (χ1n) is 5.61. The monoisotopic (exact) mass is 303 g/mol. The molecule has 114 valence electrons. The fourth-order valence-electron chi connectivity index (χ4n) is 1.35. The van der Waals surface area contributed by atoms with Gasteiger partial charge in [-0.3, -0.25) is 9.59 Å². The molecule has 3 N–H and O–H groups in total. The molecule has 0 radical (unpaired) electrons. The van der Waals surface area contributed by atoms with Crippen LogP contribution in [-0.2, 0) is 14.4 Å². The molecule has 0 saturated carbocycles. The molecule has 0 bridgehead atoms. The third-order valence-corrected chi connectivity index (χ3v) is 2.26. The van der Waals surface area contributed by atoms with Crippen LogP contribution >= 0.6 is 0 Å². The molecule has 1 amide bonds. The minimum Gasteiger partial charge on any atom is -0.481 e. The predicted molar refractivity (Wildman–Crippen MR) is 63.7 cm³/mol. The van der Waals surface area contributed by atoms with Gasteiger partial charge in [-0.05, 0) is 12.1 Å². The van der Waals surface area contributed by atoms with Crippen LogP contribution in [0.15, 0.2) is 18.2 Å². The van der Waals surface area contributed by atoms with Crippen molar-refractivity contribution in [1.29, 1.82) is 0 Å². The molecule has 21 heavy (non-hydrogen) atoms. The molecule has 0 aromatic heterocycles. The van der Waals surface area contributed by atoms with Crippen molar-refractivity contribution in [2.24, 2.45) is 0 Å². The number of hydrogen-bond acceptors (Lipinski definition) is 4. The van der Waals surface area contributed by atoms with Crippen LogP contribution in [-0.4, -0.2) is 40.7 Å². The van der Waals surface area contributed by atoms with E-state index in [4.69, 9.17) is 14.9 Å². The molecule has 0 spiro atoms. The van der Waals surface area contributed by atoms with E-state index < -0.39 is 54.3 Å². The number of carboxylic acids is 2. The lowest BCUT2D eigenvalue weighted by molar-refractivity contribution is -0.147. The Hall–Kier alpha value is -2.71. The van der Waals surface area contributed by atoms with Gasteiger partial charge in [-0.15, -0.1) is 0 Å². The zero-order valence-corrected chi connectivity index (χ0v) is 10.5. The quantitative estimate of drug-likeness (QED) is 0.671. The van der Waals surface area contributed by atoms with Crippen LogP contribution in [0, 0.1) is 11.6 Å². The highest BCUT2D eigenvalue weighted by Crippen LogP contribution is 2.17. The fourth-order valence-corrected chi connectivity index (χ4v) is 1.35. The molecule has 9 heteroatoms. The number of carbonyl (C=O) groups excluding carboxylic acids is 1. The summed E-state index contributed by atoms with van der Waals surface area (Å²) in [6.07, 6.45) is -0.814. The van der Waals surface area contributed by atoms with Gasteiger partial charge < -0.3 is 20.3 Å². The molecular formula is C12H11F2NO6. The van der Waals surface area contributed by atoms with Gasteiger partial charge in [0.05, 0.1) is 6.42 Å². The van der Waals surface area contributed by atoms with E-state index in [1.54, 1.807) is 0 Å². The van der Waals surface area contributed by atoms with Gasteiger partial charge in [0.2, 0.25) is 0 Å². The van der Waals surface area contributed by atoms with Crippen molar-refractivity contribution in [2.45, 2.75) is 12.5 Å². The van der Waals surface area contributed by atoms with Crippen molar-refractivity contribution >= 4 is 17.8 Å². The van der Waals surface area contributed by atoms with Crippen molar-refractivity contribution in [3.05, 3.63) is 29.8 Å². The second-order valence-electron chi connectivity index (χ2n) is 3.92. The average molecular weight is 303 g/mol. The van der Waals surface area contributed by atoms with Crippen molar-refractivity contribution in [2.75, 3.05) is 6.61 Å². The molecule has 1 rings (SSSR count). The molecule has 0 saturated heterocycles. The van der Waals surface area contributed by atoms with Gasteiger partial charge in [0.1, 0.15) is 11.9 Å². The maximum atomic E-state index is 13.2. The minimum absolute atomic E-state index is 0.392. The number of halogens is 2. The molecule has 0 heterocycles. The summed E-state index contributed by atoms with van der Waals surface area (Å²) < 4.78 is 30.6. The van der Waals surface area contributed by atoms with Gasteiger partial charge in [0.25, 0.3) is 5.91 Å². The maximum Gasteiger partial charge on any atom is 0.326 e. The summed E-state index contributed by atoms with van der Waals surface area (Å²) in [7, 11) is 0. The van der Waals surface area contributed by atoms with E-state index in [1.807, 2.05) is 5.32 Å². The Labute approximate surface area is 117 Å². The lowest BCUT2D eigenvalue weighted by Crippen LogP contribution is -2.44. The molecular weight excluding hydrogens is 292 g/mol. The Morgan fingerprint density at radius 3 is 2.43 bits per heavy atom. The lowest BCUT2D eigenvalue weighted by Gasteiger charge is -2.13. The van der Waals surface area contributed by atoms with Gasteiger partial charge in [-0.2, -0.15) is 0 Å². The van der Waals surface area contributed by atoms with Crippen LogP contribution in [0.1, 0.15) is 6.42 Å². The van der Waals surface area contributed by atoms with Crippen LogP contribution in [0.5, 0.6) is 5.75 Å². The Morgan fingerprint density at radius 2 is 1.90 bits per heavy atom. The normalized spacial score (nSPS) is 11.5.